The summed E-state index contributed by atoms with van der Waals surface area (Å²) in [5.41, 5.74) is 1.94. The molecule has 0 aliphatic carbocycles. The highest BCUT2D eigenvalue weighted by Gasteiger charge is 2.30. The lowest BCUT2D eigenvalue weighted by molar-refractivity contribution is -0.137. The van der Waals surface area contributed by atoms with Crippen LogP contribution in [-0.2, 0) is 19.3 Å². The lowest BCUT2D eigenvalue weighted by Crippen LogP contribution is -2.18. The van der Waals surface area contributed by atoms with Crippen molar-refractivity contribution in [2.75, 3.05) is 7.05 Å². The van der Waals surface area contributed by atoms with Crippen molar-refractivity contribution in [1.82, 2.24) is 20.2 Å². The number of halogens is 3. The Morgan fingerprint density at radius 1 is 1.00 bits per heavy atom. The highest BCUT2D eigenvalue weighted by atomic mass is 19.4. The van der Waals surface area contributed by atoms with Crippen molar-refractivity contribution in [2.24, 2.45) is 0 Å². The molecule has 138 valence electrons. The van der Waals surface area contributed by atoms with Gasteiger partial charge in [-0.1, -0.05) is 10.3 Å². The molecule has 0 unspecified atom stereocenters. The standard InChI is InChI=1S/C17H17F3N4O2/c1-10-14(23-26-22-10)8-24(3)9-15-11(2)25-16(21-15)12-4-6-13(7-5-12)17(18,19)20/h4-7H,8-9H2,1-3H3. The van der Waals surface area contributed by atoms with E-state index in [4.69, 9.17) is 4.42 Å². The molecule has 1 aromatic carbocycles. The van der Waals surface area contributed by atoms with Crippen LogP contribution in [0.15, 0.2) is 33.3 Å². The normalized spacial score (nSPS) is 12.1. The molecule has 0 N–H and O–H groups in total. The largest absolute Gasteiger partial charge is 0.441 e. The van der Waals surface area contributed by atoms with Gasteiger partial charge < -0.3 is 4.42 Å². The molecule has 3 rings (SSSR count). The van der Waals surface area contributed by atoms with Crippen LogP contribution in [0.25, 0.3) is 11.5 Å². The van der Waals surface area contributed by atoms with Crippen LogP contribution in [0.4, 0.5) is 13.2 Å². The third kappa shape index (κ3) is 3.93. The molecule has 9 heteroatoms. The van der Waals surface area contributed by atoms with Crippen LogP contribution < -0.4 is 0 Å². The van der Waals surface area contributed by atoms with E-state index < -0.39 is 11.7 Å². The van der Waals surface area contributed by atoms with Crippen LogP contribution in [0.3, 0.4) is 0 Å². The molecule has 0 spiro atoms. The van der Waals surface area contributed by atoms with E-state index in [1.807, 2.05) is 18.9 Å². The summed E-state index contributed by atoms with van der Waals surface area (Å²) >= 11 is 0. The fraction of sp³-hybridized carbons (Fsp3) is 0.353. The van der Waals surface area contributed by atoms with Gasteiger partial charge in [0.1, 0.15) is 17.1 Å². The highest BCUT2D eigenvalue weighted by molar-refractivity contribution is 5.54. The van der Waals surface area contributed by atoms with Gasteiger partial charge in [-0.2, -0.15) is 13.2 Å². The zero-order valence-corrected chi connectivity index (χ0v) is 14.5. The topological polar surface area (TPSA) is 68.2 Å². The van der Waals surface area contributed by atoms with Crippen molar-refractivity contribution < 1.29 is 22.2 Å². The zero-order valence-electron chi connectivity index (χ0n) is 14.5. The minimum absolute atomic E-state index is 0.291. The second-order valence-corrected chi connectivity index (χ2v) is 6.07. The van der Waals surface area contributed by atoms with E-state index in [1.54, 1.807) is 6.92 Å². The number of alkyl halides is 3. The van der Waals surface area contributed by atoms with Crippen LogP contribution >= 0.6 is 0 Å². The molecule has 0 aliphatic heterocycles. The van der Waals surface area contributed by atoms with E-state index in [2.05, 4.69) is 19.9 Å². The van der Waals surface area contributed by atoms with Crippen LogP contribution in [0, 0.1) is 13.8 Å². The molecule has 0 amide bonds. The average Bonchev–Trinajstić information content (AvgIpc) is 3.13. The summed E-state index contributed by atoms with van der Waals surface area (Å²) in [7, 11) is 1.89. The van der Waals surface area contributed by atoms with Gasteiger partial charge in [0.2, 0.25) is 5.89 Å². The molecule has 0 aliphatic rings. The van der Waals surface area contributed by atoms with Crippen LogP contribution in [0.2, 0.25) is 0 Å². The van der Waals surface area contributed by atoms with Crippen LogP contribution in [-0.4, -0.2) is 27.2 Å². The van der Waals surface area contributed by atoms with E-state index in [1.165, 1.54) is 12.1 Å². The number of aromatic nitrogens is 3. The summed E-state index contributed by atoms with van der Waals surface area (Å²) in [5, 5.41) is 7.57. The van der Waals surface area contributed by atoms with Gasteiger partial charge in [0.15, 0.2) is 0 Å². The van der Waals surface area contributed by atoms with Gasteiger partial charge in [-0.15, -0.1) is 0 Å². The Labute approximate surface area is 147 Å². The molecule has 2 aromatic heterocycles. The number of hydrogen-bond donors (Lipinski definition) is 0. The summed E-state index contributed by atoms with van der Waals surface area (Å²) in [4.78, 5) is 6.38. The Balaban J connectivity index is 1.73. The third-order valence-electron chi connectivity index (χ3n) is 3.94. The van der Waals surface area contributed by atoms with Crippen molar-refractivity contribution in [3.8, 4) is 11.5 Å². The molecule has 0 fully saturated rings. The van der Waals surface area contributed by atoms with Crippen LogP contribution in [0.5, 0.6) is 0 Å². The Bertz CT molecular complexity index is 884. The minimum atomic E-state index is -4.37. The predicted octanol–water partition coefficient (Wildman–Crippen LogP) is 3.99. The SMILES string of the molecule is Cc1nonc1CN(C)Cc1nc(-c2ccc(C(F)(F)F)cc2)oc1C. The van der Waals surface area contributed by atoms with Gasteiger partial charge in [-0.3, -0.25) is 4.90 Å². The first-order chi connectivity index (χ1) is 12.2. The van der Waals surface area contributed by atoms with Crippen molar-refractivity contribution >= 4 is 0 Å². The van der Waals surface area contributed by atoms with Gasteiger partial charge in [0.25, 0.3) is 0 Å². The Hall–Kier alpha value is -2.68. The second kappa shape index (κ2) is 6.91. The lowest BCUT2D eigenvalue weighted by atomic mass is 10.1. The predicted molar refractivity (Wildman–Crippen MR) is 85.9 cm³/mol. The number of hydrogen-bond acceptors (Lipinski definition) is 6. The number of benzene rings is 1. The molecule has 6 nitrogen and oxygen atoms in total. The van der Waals surface area contributed by atoms with Gasteiger partial charge in [-0.05, 0) is 45.2 Å². The molecule has 3 aromatic rings. The number of oxazole rings is 1. The summed E-state index contributed by atoms with van der Waals surface area (Å²) in [6.45, 7) is 4.59. The van der Waals surface area contributed by atoms with Gasteiger partial charge in [0, 0.05) is 18.7 Å². The summed E-state index contributed by atoms with van der Waals surface area (Å²) in [6.07, 6.45) is -4.37. The molecule has 2 heterocycles. The molecule has 0 saturated heterocycles. The summed E-state index contributed by atoms with van der Waals surface area (Å²) < 4.78 is 48.3. The summed E-state index contributed by atoms with van der Waals surface area (Å²) in [5.74, 6) is 0.903. The minimum Gasteiger partial charge on any atom is -0.441 e. The maximum Gasteiger partial charge on any atom is 0.416 e. The molecule has 26 heavy (non-hydrogen) atoms. The molecular formula is C17H17F3N4O2. The molecule has 0 radical (unpaired) electrons. The number of rotatable bonds is 5. The lowest BCUT2D eigenvalue weighted by Gasteiger charge is -2.13. The van der Waals surface area contributed by atoms with Crippen molar-refractivity contribution in [3.05, 3.63) is 52.7 Å². The maximum atomic E-state index is 12.7. The first-order valence-corrected chi connectivity index (χ1v) is 7.84. The van der Waals surface area contributed by atoms with Crippen molar-refractivity contribution in [3.63, 3.8) is 0 Å². The Morgan fingerprint density at radius 3 is 2.23 bits per heavy atom. The quantitative estimate of drug-likeness (QED) is 0.680. The fourth-order valence-corrected chi connectivity index (χ4v) is 2.46. The summed E-state index contributed by atoms with van der Waals surface area (Å²) in [6, 6.07) is 4.74. The molecule has 0 bridgehead atoms. The van der Waals surface area contributed by atoms with E-state index in [0.29, 0.717) is 36.0 Å². The number of nitrogens with zero attached hydrogens (tertiary/aromatic N) is 4. The first-order valence-electron chi connectivity index (χ1n) is 7.84. The van der Waals surface area contributed by atoms with Gasteiger partial charge in [-0.25, -0.2) is 9.61 Å². The smallest absolute Gasteiger partial charge is 0.416 e. The van der Waals surface area contributed by atoms with E-state index >= 15 is 0 Å². The Morgan fingerprint density at radius 2 is 1.65 bits per heavy atom. The van der Waals surface area contributed by atoms with Crippen LogP contribution in [0.1, 0.15) is 28.4 Å². The highest BCUT2D eigenvalue weighted by Crippen LogP contribution is 2.31. The van der Waals surface area contributed by atoms with Crippen molar-refractivity contribution in [2.45, 2.75) is 33.1 Å². The zero-order chi connectivity index (χ0) is 18.9. The Kier molecular flexibility index (Phi) is 4.82. The monoisotopic (exact) mass is 366 g/mol. The van der Waals surface area contributed by atoms with Gasteiger partial charge in [0.05, 0.1) is 11.3 Å². The first kappa shape index (κ1) is 18.1. The van der Waals surface area contributed by atoms with Crippen molar-refractivity contribution in [1.29, 1.82) is 0 Å². The molecular weight excluding hydrogens is 349 g/mol. The third-order valence-corrected chi connectivity index (χ3v) is 3.94. The maximum absolute atomic E-state index is 12.7. The molecule has 0 atom stereocenters. The van der Waals surface area contributed by atoms with Gasteiger partial charge >= 0.3 is 6.18 Å². The second-order valence-electron chi connectivity index (χ2n) is 6.07. The van der Waals surface area contributed by atoms with E-state index in [9.17, 15) is 13.2 Å². The van der Waals surface area contributed by atoms with E-state index in [0.717, 1.165) is 23.5 Å². The molecule has 0 saturated carbocycles. The number of aryl methyl sites for hydroxylation is 2. The average molecular weight is 366 g/mol. The van der Waals surface area contributed by atoms with E-state index in [-0.39, 0.29) is 0 Å². The fourth-order valence-electron chi connectivity index (χ4n) is 2.46.